The molecular weight excluding hydrogens is 286 g/mol. The number of carbonyl (C=O) groups is 1. The van der Waals surface area contributed by atoms with Gasteiger partial charge in [-0.05, 0) is 48.3 Å². The molecule has 1 aromatic rings. The molecule has 114 valence electrons. The third kappa shape index (κ3) is 2.12. The lowest BCUT2D eigenvalue weighted by atomic mass is 9.80. The van der Waals surface area contributed by atoms with Crippen LogP contribution in [0.1, 0.15) is 43.2 Å². The van der Waals surface area contributed by atoms with Crippen molar-refractivity contribution >= 4 is 17.3 Å². The Hall–Kier alpha value is -2.67. The fourth-order valence-corrected chi connectivity index (χ4v) is 3.77. The van der Waals surface area contributed by atoms with Crippen molar-refractivity contribution in [3.8, 4) is 6.07 Å². The summed E-state index contributed by atoms with van der Waals surface area (Å²) < 4.78 is 0. The Bertz CT molecular complexity index is 804. The molecule has 2 heterocycles. The van der Waals surface area contributed by atoms with Crippen LogP contribution in [0.25, 0.3) is 5.57 Å². The maximum Gasteiger partial charge on any atom is 0.273 e. The number of nitrogens with zero attached hydrogens (tertiary/aromatic N) is 3. The molecule has 1 amide bonds. The van der Waals surface area contributed by atoms with E-state index < -0.39 is 5.54 Å². The first-order valence-electron chi connectivity index (χ1n) is 8.06. The number of benzene rings is 1. The van der Waals surface area contributed by atoms with Crippen LogP contribution in [0.2, 0.25) is 0 Å². The maximum atomic E-state index is 12.5. The van der Waals surface area contributed by atoms with E-state index in [-0.39, 0.29) is 5.91 Å². The molecule has 1 spiro atoms. The summed E-state index contributed by atoms with van der Waals surface area (Å²) in [5, 5.41) is 9.08. The highest BCUT2D eigenvalue weighted by atomic mass is 16.2. The van der Waals surface area contributed by atoms with Gasteiger partial charge in [0.05, 0.1) is 11.6 Å². The molecule has 1 aromatic carbocycles. The third-order valence-electron chi connectivity index (χ3n) is 5.01. The normalized spacial score (nSPS) is 21.7. The fraction of sp³-hybridized carbons (Fsp3) is 0.316. The molecule has 0 atom stereocenters. The molecule has 0 unspecified atom stereocenters. The van der Waals surface area contributed by atoms with Gasteiger partial charge < -0.3 is 4.90 Å². The third-order valence-corrected chi connectivity index (χ3v) is 5.01. The van der Waals surface area contributed by atoms with Crippen molar-refractivity contribution in [3.05, 3.63) is 53.7 Å². The van der Waals surface area contributed by atoms with E-state index in [1.54, 1.807) is 6.07 Å². The molecule has 4 nitrogen and oxygen atoms in total. The van der Waals surface area contributed by atoms with Crippen molar-refractivity contribution in [2.24, 2.45) is 4.99 Å². The van der Waals surface area contributed by atoms with Gasteiger partial charge in [-0.15, -0.1) is 0 Å². The van der Waals surface area contributed by atoms with Crippen molar-refractivity contribution in [1.82, 2.24) is 4.90 Å². The summed E-state index contributed by atoms with van der Waals surface area (Å²) in [5.74, 6) is 0.747. The number of carbonyl (C=O) groups excluding carboxylic acids is 1. The highest BCUT2D eigenvalue weighted by Gasteiger charge is 2.49. The number of rotatable bonds is 1. The molecule has 23 heavy (non-hydrogen) atoms. The predicted octanol–water partition coefficient (Wildman–Crippen LogP) is 3.41. The second-order valence-corrected chi connectivity index (χ2v) is 6.35. The van der Waals surface area contributed by atoms with Crippen LogP contribution >= 0.6 is 0 Å². The zero-order valence-corrected chi connectivity index (χ0v) is 12.8. The van der Waals surface area contributed by atoms with Gasteiger partial charge in [0.25, 0.3) is 5.91 Å². The largest absolute Gasteiger partial charge is 0.317 e. The smallest absolute Gasteiger partial charge is 0.273 e. The lowest BCUT2D eigenvalue weighted by molar-refractivity contribution is -0.126. The number of fused-ring (bicyclic) bond motifs is 2. The quantitative estimate of drug-likeness (QED) is 0.799. The minimum Gasteiger partial charge on any atom is -0.317 e. The van der Waals surface area contributed by atoms with E-state index in [1.807, 2.05) is 36.6 Å². The molecule has 0 N–H and O–H groups in total. The van der Waals surface area contributed by atoms with E-state index in [0.717, 1.165) is 42.7 Å². The molecule has 4 rings (SSSR count). The number of amides is 1. The number of hydrogen-bond donors (Lipinski definition) is 0. The minimum atomic E-state index is -0.476. The predicted molar refractivity (Wildman–Crippen MR) is 88.4 cm³/mol. The molecule has 2 aliphatic heterocycles. The second-order valence-electron chi connectivity index (χ2n) is 6.35. The molecule has 0 saturated heterocycles. The van der Waals surface area contributed by atoms with E-state index >= 15 is 0 Å². The lowest BCUT2D eigenvalue weighted by Gasteiger charge is -2.40. The van der Waals surface area contributed by atoms with Gasteiger partial charge in [-0.25, -0.2) is 0 Å². The first-order chi connectivity index (χ1) is 11.2. The number of aliphatic imine (C=N–C) groups is 1. The van der Waals surface area contributed by atoms with Gasteiger partial charge in [-0.3, -0.25) is 4.79 Å². The van der Waals surface area contributed by atoms with Crippen molar-refractivity contribution in [2.75, 3.05) is 0 Å². The van der Waals surface area contributed by atoms with Gasteiger partial charge >= 0.3 is 0 Å². The van der Waals surface area contributed by atoms with E-state index in [1.165, 1.54) is 6.42 Å². The van der Waals surface area contributed by atoms with Crippen molar-refractivity contribution < 1.29 is 4.79 Å². The molecule has 0 radical (unpaired) electrons. The van der Waals surface area contributed by atoms with Gasteiger partial charge in [0.15, 0.2) is 0 Å². The summed E-state index contributed by atoms with van der Waals surface area (Å²) >= 11 is 0. The lowest BCUT2D eigenvalue weighted by Crippen LogP contribution is -2.50. The van der Waals surface area contributed by atoms with E-state index in [2.05, 4.69) is 16.0 Å². The monoisotopic (exact) mass is 303 g/mol. The molecule has 0 aromatic heterocycles. The fourth-order valence-electron chi connectivity index (χ4n) is 3.77. The first kappa shape index (κ1) is 14.0. The Labute approximate surface area is 135 Å². The highest BCUT2D eigenvalue weighted by molar-refractivity contribution is 6.13. The van der Waals surface area contributed by atoms with Crippen LogP contribution in [0.3, 0.4) is 0 Å². The Balaban J connectivity index is 1.75. The molecule has 0 bridgehead atoms. The summed E-state index contributed by atoms with van der Waals surface area (Å²) in [6, 6.07) is 9.73. The Morgan fingerprint density at radius 3 is 2.78 bits per heavy atom. The Morgan fingerprint density at radius 2 is 2.00 bits per heavy atom. The number of allylic oxidation sites excluding steroid dienone is 2. The number of amidine groups is 1. The van der Waals surface area contributed by atoms with Crippen LogP contribution in [-0.2, 0) is 4.79 Å². The van der Waals surface area contributed by atoms with Gasteiger partial charge in [0.2, 0.25) is 0 Å². The van der Waals surface area contributed by atoms with Gasteiger partial charge in [0, 0.05) is 6.20 Å². The van der Waals surface area contributed by atoms with Crippen LogP contribution < -0.4 is 0 Å². The summed E-state index contributed by atoms with van der Waals surface area (Å²) in [6.45, 7) is 0. The summed E-state index contributed by atoms with van der Waals surface area (Å²) in [6.07, 6.45) is 11.0. The van der Waals surface area contributed by atoms with Gasteiger partial charge in [0.1, 0.15) is 11.4 Å². The zero-order valence-electron chi connectivity index (χ0n) is 12.8. The Kier molecular flexibility index (Phi) is 3.16. The standard InChI is InChI=1S/C19H17N3O/c20-12-14-5-4-6-15(11-14)16-7-8-17-21-18(23)19(22(17)13-16)9-2-1-3-10-19/h4-8,11,13H,1-3,9-10H2. The van der Waals surface area contributed by atoms with Crippen LogP contribution in [-0.4, -0.2) is 22.2 Å². The van der Waals surface area contributed by atoms with Gasteiger partial charge in [-0.1, -0.05) is 31.4 Å². The van der Waals surface area contributed by atoms with Crippen molar-refractivity contribution in [1.29, 1.82) is 5.26 Å². The van der Waals surface area contributed by atoms with Crippen LogP contribution in [0.15, 0.2) is 47.6 Å². The van der Waals surface area contributed by atoms with E-state index in [0.29, 0.717) is 5.56 Å². The second kappa shape index (κ2) is 5.20. The average molecular weight is 303 g/mol. The summed E-state index contributed by atoms with van der Waals surface area (Å²) in [4.78, 5) is 18.9. The molecule has 4 heteroatoms. The first-order valence-corrected chi connectivity index (χ1v) is 8.06. The molecule has 1 saturated carbocycles. The Morgan fingerprint density at radius 1 is 1.17 bits per heavy atom. The molecular formula is C19H17N3O. The van der Waals surface area contributed by atoms with E-state index in [9.17, 15) is 4.79 Å². The number of nitriles is 1. The highest BCUT2D eigenvalue weighted by Crippen LogP contribution is 2.41. The average Bonchev–Trinajstić information content (AvgIpc) is 2.87. The minimum absolute atomic E-state index is 0.000116. The molecule has 1 aliphatic carbocycles. The van der Waals surface area contributed by atoms with Crippen molar-refractivity contribution in [3.63, 3.8) is 0 Å². The SMILES string of the molecule is N#Cc1cccc(C2=CN3C(=NC(=O)C34CCCCC4)C=C2)c1. The van der Waals surface area contributed by atoms with Crippen LogP contribution in [0.4, 0.5) is 0 Å². The molecule has 3 aliphatic rings. The van der Waals surface area contributed by atoms with Crippen molar-refractivity contribution in [2.45, 2.75) is 37.6 Å². The summed E-state index contributed by atoms with van der Waals surface area (Å²) in [7, 11) is 0. The van der Waals surface area contributed by atoms with Crippen LogP contribution in [0.5, 0.6) is 0 Å². The zero-order chi connectivity index (χ0) is 15.9. The maximum absolute atomic E-state index is 12.5. The van der Waals surface area contributed by atoms with E-state index in [4.69, 9.17) is 5.26 Å². The van der Waals surface area contributed by atoms with Crippen LogP contribution in [0, 0.1) is 11.3 Å². The topological polar surface area (TPSA) is 56.5 Å². The summed E-state index contributed by atoms with van der Waals surface area (Å²) in [5.41, 5.74) is 2.17. The molecule has 1 fully saturated rings. The number of hydrogen-bond acceptors (Lipinski definition) is 3. The van der Waals surface area contributed by atoms with Gasteiger partial charge in [-0.2, -0.15) is 10.3 Å².